The molecular formula is C20H21ClN6O2S. The number of anilines is 1. The quantitative estimate of drug-likeness (QED) is 0.453. The molecule has 156 valence electrons. The summed E-state index contributed by atoms with van der Waals surface area (Å²) in [7, 11) is 1.97. The normalized spacial score (nSPS) is 11.6. The minimum atomic E-state index is -0.359. The molecule has 0 fully saturated rings. The number of esters is 1. The number of hydrogen-bond acceptors (Lipinski definition) is 8. The molecule has 4 aromatic rings. The van der Waals surface area contributed by atoms with Gasteiger partial charge in [0.2, 0.25) is 0 Å². The van der Waals surface area contributed by atoms with E-state index in [1.165, 1.54) is 11.3 Å². The Hall–Kier alpha value is -2.75. The second-order valence-corrected chi connectivity index (χ2v) is 8.41. The van der Waals surface area contributed by atoms with Crippen LogP contribution >= 0.6 is 22.9 Å². The van der Waals surface area contributed by atoms with Gasteiger partial charge in [-0.15, -0.1) is 11.3 Å². The summed E-state index contributed by atoms with van der Waals surface area (Å²) >= 11 is 7.40. The first-order valence-corrected chi connectivity index (χ1v) is 10.6. The predicted molar refractivity (Wildman–Crippen MR) is 118 cm³/mol. The van der Waals surface area contributed by atoms with Crippen LogP contribution in [0.4, 0.5) is 5.82 Å². The lowest BCUT2D eigenvalue weighted by molar-refractivity contribution is 0.0531. The third-order valence-electron chi connectivity index (χ3n) is 4.71. The highest BCUT2D eigenvalue weighted by atomic mass is 35.5. The fourth-order valence-electron chi connectivity index (χ4n) is 3.37. The van der Waals surface area contributed by atoms with Crippen molar-refractivity contribution in [2.24, 2.45) is 0 Å². The largest absolute Gasteiger partial charge is 0.462 e. The van der Waals surface area contributed by atoms with E-state index in [1.54, 1.807) is 6.92 Å². The molecule has 0 aliphatic rings. The summed E-state index contributed by atoms with van der Waals surface area (Å²) < 4.78 is 7.10. The van der Waals surface area contributed by atoms with Gasteiger partial charge in [-0.3, -0.25) is 4.90 Å². The van der Waals surface area contributed by atoms with Gasteiger partial charge in [0.15, 0.2) is 0 Å². The third kappa shape index (κ3) is 3.83. The van der Waals surface area contributed by atoms with E-state index in [0.717, 1.165) is 16.9 Å². The van der Waals surface area contributed by atoms with Crippen LogP contribution < -0.4 is 5.73 Å². The van der Waals surface area contributed by atoms with Crippen LogP contribution in [0, 0.1) is 6.92 Å². The van der Waals surface area contributed by atoms with Crippen LogP contribution in [0.1, 0.15) is 33.7 Å². The molecule has 2 N–H and O–H groups in total. The molecule has 0 bridgehead atoms. The number of pyridine rings is 1. The van der Waals surface area contributed by atoms with Crippen molar-refractivity contribution in [3.05, 3.63) is 51.5 Å². The first-order valence-electron chi connectivity index (χ1n) is 9.40. The standard InChI is InChI=1S/C20H21ClN6O2S/c1-4-29-20(28)17-11(2)16-18(22)24-14(25-19(16)30-17)10-26(3)9-13-7-23-15-6-5-12(21)8-27(13)15/h5-8H,4,9-10H2,1-3H3,(H2,22,24,25). The van der Waals surface area contributed by atoms with Crippen LogP contribution in [0.25, 0.3) is 15.9 Å². The molecule has 0 atom stereocenters. The number of carbonyl (C=O) groups excluding carboxylic acids is 1. The lowest BCUT2D eigenvalue weighted by Crippen LogP contribution is -2.20. The maximum atomic E-state index is 12.2. The number of hydrogen-bond donors (Lipinski definition) is 1. The lowest BCUT2D eigenvalue weighted by Gasteiger charge is -2.15. The van der Waals surface area contributed by atoms with E-state index in [1.807, 2.05) is 42.9 Å². The summed E-state index contributed by atoms with van der Waals surface area (Å²) in [5.74, 6) is 0.600. The topological polar surface area (TPSA) is 98.6 Å². The van der Waals surface area contributed by atoms with Gasteiger partial charge in [-0.25, -0.2) is 19.7 Å². The third-order valence-corrected chi connectivity index (χ3v) is 6.10. The van der Waals surface area contributed by atoms with Crippen molar-refractivity contribution in [2.45, 2.75) is 26.9 Å². The van der Waals surface area contributed by atoms with Crippen molar-refractivity contribution in [3.63, 3.8) is 0 Å². The number of fused-ring (bicyclic) bond motifs is 2. The van der Waals surface area contributed by atoms with Gasteiger partial charge < -0.3 is 14.9 Å². The highest BCUT2D eigenvalue weighted by molar-refractivity contribution is 7.20. The number of ether oxygens (including phenoxy) is 1. The Kier molecular flexibility index (Phi) is 5.59. The molecule has 4 rings (SSSR count). The predicted octanol–water partition coefficient (Wildman–Crippen LogP) is 3.69. The molecule has 0 unspecified atom stereocenters. The Morgan fingerprint density at radius 1 is 1.33 bits per heavy atom. The zero-order chi connectivity index (χ0) is 21.4. The zero-order valence-corrected chi connectivity index (χ0v) is 18.4. The fraction of sp³-hybridized carbons (Fsp3) is 0.300. The van der Waals surface area contributed by atoms with Crippen LogP contribution in [-0.4, -0.2) is 43.9 Å². The molecule has 0 aliphatic carbocycles. The second kappa shape index (κ2) is 8.17. The van der Waals surface area contributed by atoms with Gasteiger partial charge in [0.25, 0.3) is 0 Å². The van der Waals surface area contributed by atoms with Gasteiger partial charge in [0.05, 0.1) is 35.5 Å². The number of rotatable bonds is 6. The summed E-state index contributed by atoms with van der Waals surface area (Å²) in [6.07, 6.45) is 3.67. The van der Waals surface area contributed by atoms with Crippen LogP contribution in [0.15, 0.2) is 24.5 Å². The molecule has 0 radical (unpaired) electrons. The summed E-state index contributed by atoms with van der Waals surface area (Å²) in [6.45, 7) is 5.05. The van der Waals surface area contributed by atoms with Crippen molar-refractivity contribution < 1.29 is 9.53 Å². The van der Waals surface area contributed by atoms with Gasteiger partial charge >= 0.3 is 5.97 Å². The molecule has 30 heavy (non-hydrogen) atoms. The Bertz CT molecular complexity index is 1250. The summed E-state index contributed by atoms with van der Waals surface area (Å²) in [5, 5.41) is 1.36. The number of nitrogen functional groups attached to an aromatic ring is 1. The van der Waals surface area contributed by atoms with E-state index in [2.05, 4.69) is 19.9 Å². The van der Waals surface area contributed by atoms with Gasteiger partial charge in [-0.05, 0) is 38.6 Å². The van der Waals surface area contributed by atoms with Crippen molar-refractivity contribution in [3.8, 4) is 0 Å². The average Bonchev–Trinajstić information content (AvgIpc) is 3.23. The molecule has 0 amide bonds. The molecular weight excluding hydrogens is 424 g/mol. The van der Waals surface area contributed by atoms with Crippen LogP contribution in [0.3, 0.4) is 0 Å². The first-order chi connectivity index (χ1) is 14.4. The first kappa shape index (κ1) is 20.5. The number of thiophene rings is 1. The Morgan fingerprint density at radius 3 is 2.90 bits per heavy atom. The maximum absolute atomic E-state index is 12.2. The highest BCUT2D eigenvalue weighted by Crippen LogP contribution is 2.33. The SMILES string of the molecule is CCOC(=O)c1sc2nc(CN(C)Cc3cnc4ccc(Cl)cn34)nc(N)c2c1C. The van der Waals surface area contributed by atoms with Crippen LogP contribution in [0.5, 0.6) is 0 Å². The highest BCUT2D eigenvalue weighted by Gasteiger charge is 2.21. The molecule has 0 aromatic carbocycles. The second-order valence-electron chi connectivity index (χ2n) is 6.98. The molecule has 10 heteroatoms. The molecule has 0 saturated carbocycles. The molecule has 0 spiro atoms. The lowest BCUT2D eigenvalue weighted by atomic mass is 10.2. The van der Waals surface area contributed by atoms with Crippen LogP contribution in [0.2, 0.25) is 5.02 Å². The summed E-state index contributed by atoms with van der Waals surface area (Å²) in [6, 6.07) is 3.70. The van der Waals surface area contributed by atoms with Gasteiger partial charge in [-0.1, -0.05) is 11.6 Å². The van der Waals surface area contributed by atoms with E-state index in [4.69, 9.17) is 22.1 Å². The molecule has 4 heterocycles. The molecule has 0 saturated heterocycles. The summed E-state index contributed by atoms with van der Waals surface area (Å²) in [5.41, 5.74) is 8.80. The number of aryl methyl sites for hydroxylation is 1. The number of halogens is 1. The number of carbonyl (C=O) groups is 1. The molecule has 0 aliphatic heterocycles. The van der Waals surface area contributed by atoms with E-state index >= 15 is 0 Å². The maximum Gasteiger partial charge on any atom is 0.348 e. The Labute approximate surface area is 182 Å². The monoisotopic (exact) mass is 444 g/mol. The van der Waals surface area contributed by atoms with E-state index < -0.39 is 0 Å². The van der Waals surface area contributed by atoms with E-state index in [9.17, 15) is 4.79 Å². The number of aromatic nitrogens is 4. The summed E-state index contributed by atoms with van der Waals surface area (Å²) in [4.78, 5) is 29.0. The average molecular weight is 445 g/mol. The number of nitrogens with two attached hydrogens (primary N) is 1. The van der Waals surface area contributed by atoms with Crippen LogP contribution in [-0.2, 0) is 17.8 Å². The zero-order valence-electron chi connectivity index (χ0n) is 16.8. The Balaban J connectivity index is 1.58. The van der Waals surface area contributed by atoms with Gasteiger partial charge in [-0.2, -0.15) is 0 Å². The Morgan fingerprint density at radius 2 is 2.13 bits per heavy atom. The fourth-order valence-corrected chi connectivity index (χ4v) is 4.64. The van der Waals surface area contributed by atoms with Crippen molar-refractivity contribution >= 4 is 50.6 Å². The van der Waals surface area contributed by atoms with Crippen molar-refractivity contribution in [1.29, 1.82) is 0 Å². The molecule has 8 nitrogen and oxygen atoms in total. The minimum absolute atomic E-state index is 0.318. The minimum Gasteiger partial charge on any atom is -0.462 e. The van der Waals surface area contributed by atoms with E-state index in [-0.39, 0.29) is 5.97 Å². The smallest absolute Gasteiger partial charge is 0.348 e. The van der Waals surface area contributed by atoms with Gasteiger partial charge in [0.1, 0.15) is 27.0 Å². The number of nitrogens with zero attached hydrogens (tertiary/aromatic N) is 5. The van der Waals surface area contributed by atoms with E-state index in [0.29, 0.717) is 51.5 Å². The van der Waals surface area contributed by atoms with Gasteiger partial charge in [0, 0.05) is 12.7 Å². The molecule has 4 aromatic heterocycles. The number of imidazole rings is 1. The van der Waals surface area contributed by atoms with Crippen molar-refractivity contribution in [1.82, 2.24) is 24.3 Å². The van der Waals surface area contributed by atoms with Crippen molar-refractivity contribution in [2.75, 3.05) is 19.4 Å².